The second kappa shape index (κ2) is 5.87. The second-order valence-corrected chi connectivity index (χ2v) is 2.80. The fourth-order valence-electron chi connectivity index (χ4n) is 0.775. The van der Waals surface area contributed by atoms with Crippen LogP contribution in [0.4, 0.5) is 0 Å². The molecule has 0 bridgehead atoms. The Hall–Kier alpha value is 0.250. The first-order valence-electron chi connectivity index (χ1n) is 3.31. The summed E-state index contributed by atoms with van der Waals surface area (Å²) in [6.45, 7) is 0. The molecule has 0 aliphatic carbocycles. The minimum atomic E-state index is -1.02. The fourth-order valence-corrected chi connectivity index (χ4v) is 0.977. The maximum absolute atomic E-state index is 10.3. The zero-order chi connectivity index (χ0) is 9.14. The van der Waals surface area contributed by atoms with Gasteiger partial charge in [0.25, 0.3) is 0 Å². The van der Waals surface area contributed by atoms with Crippen molar-refractivity contribution in [2.75, 3.05) is 0 Å². The number of imidazole rings is 1. The Morgan fingerprint density at radius 2 is 2.46 bits per heavy atom. The van der Waals surface area contributed by atoms with Crippen molar-refractivity contribution in [1.29, 1.82) is 0 Å². The molecule has 1 aromatic heterocycles. The van der Waals surface area contributed by atoms with Gasteiger partial charge in [-0.25, -0.2) is 4.98 Å². The molecule has 0 aromatic carbocycles. The van der Waals surface area contributed by atoms with Crippen molar-refractivity contribution < 1.29 is 9.90 Å². The molecular formula is C6H11CaN3O2S. The van der Waals surface area contributed by atoms with Gasteiger partial charge in [-0.2, -0.15) is 0 Å². The van der Waals surface area contributed by atoms with Crippen LogP contribution in [0.25, 0.3) is 0 Å². The minimum absolute atomic E-state index is 0. The molecule has 1 atom stereocenters. The van der Waals surface area contributed by atoms with Gasteiger partial charge in [0.05, 0.1) is 0 Å². The number of carbonyl (C=O) groups is 1. The Labute approximate surface area is 111 Å². The maximum atomic E-state index is 10.3. The van der Waals surface area contributed by atoms with Gasteiger partial charge in [0, 0.05) is 18.3 Å². The molecule has 5 nitrogen and oxygen atoms in total. The van der Waals surface area contributed by atoms with E-state index in [0.29, 0.717) is 10.9 Å². The van der Waals surface area contributed by atoms with Gasteiger partial charge in [0.15, 0.2) is 5.16 Å². The molecule has 0 fully saturated rings. The van der Waals surface area contributed by atoms with E-state index in [4.69, 9.17) is 10.8 Å². The molecule has 13 heavy (non-hydrogen) atoms. The molecule has 0 unspecified atom stereocenters. The van der Waals surface area contributed by atoms with E-state index in [1.54, 1.807) is 0 Å². The standard InChI is InChI=1S/C6H9N3O2S.Ca.2H/c7-4(5(10)11)1-3-2-8-6(12)9-3;;;/h2,4H,1,7H2,(H,10,11)(H2,8,9,12);;;/t4-;;;/m0.../s1. The Kier molecular flexibility index (Phi) is 5.98. The summed E-state index contributed by atoms with van der Waals surface area (Å²) >= 11 is 3.92. The molecule has 1 aromatic rings. The Balaban J connectivity index is 0.00000144. The van der Waals surface area contributed by atoms with Gasteiger partial charge in [0.2, 0.25) is 0 Å². The summed E-state index contributed by atoms with van der Waals surface area (Å²) in [5.74, 6) is -1.02. The van der Waals surface area contributed by atoms with E-state index >= 15 is 0 Å². The van der Waals surface area contributed by atoms with Gasteiger partial charge in [-0.3, -0.25) is 4.79 Å². The molecule has 0 spiro atoms. The van der Waals surface area contributed by atoms with Crippen LogP contribution in [0, 0.1) is 0 Å². The summed E-state index contributed by atoms with van der Waals surface area (Å²) in [7, 11) is 0. The van der Waals surface area contributed by atoms with E-state index in [-0.39, 0.29) is 44.2 Å². The van der Waals surface area contributed by atoms with Crippen LogP contribution in [0.1, 0.15) is 5.69 Å². The number of carboxylic acids is 1. The zero-order valence-electron chi connectivity index (χ0n) is 6.19. The third kappa shape index (κ3) is 4.33. The fraction of sp³-hybridized carbons (Fsp3) is 0.333. The van der Waals surface area contributed by atoms with Crippen LogP contribution in [0.5, 0.6) is 0 Å². The third-order valence-electron chi connectivity index (χ3n) is 1.37. The van der Waals surface area contributed by atoms with Crippen LogP contribution in [0.3, 0.4) is 0 Å². The number of nitrogens with zero attached hydrogens (tertiary/aromatic N) is 1. The van der Waals surface area contributed by atoms with Crippen molar-refractivity contribution in [1.82, 2.24) is 9.97 Å². The van der Waals surface area contributed by atoms with Crippen LogP contribution in [-0.2, 0) is 11.2 Å². The SMILES string of the molecule is N[C@@H](Cc1cnc(S)[nH]1)C(=O)O.[CaH2]. The average molecular weight is 229 g/mol. The van der Waals surface area contributed by atoms with E-state index in [1.807, 2.05) is 0 Å². The van der Waals surface area contributed by atoms with Crippen LogP contribution < -0.4 is 5.73 Å². The van der Waals surface area contributed by atoms with Gasteiger partial charge in [-0.15, -0.1) is 12.6 Å². The Morgan fingerprint density at radius 1 is 1.85 bits per heavy atom. The van der Waals surface area contributed by atoms with Gasteiger partial charge in [0.1, 0.15) is 6.04 Å². The number of hydrogen-bond donors (Lipinski definition) is 4. The van der Waals surface area contributed by atoms with E-state index in [9.17, 15) is 4.79 Å². The number of nitrogens with two attached hydrogens (primary N) is 1. The number of H-pyrrole nitrogens is 1. The number of hydrogen-bond acceptors (Lipinski definition) is 4. The van der Waals surface area contributed by atoms with Gasteiger partial charge in [-0.1, -0.05) is 0 Å². The first-order chi connectivity index (χ1) is 5.59. The number of aromatic amines is 1. The summed E-state index contributed by atoms with van der Waals surface area (Å²) in [5.41, 5.74) is 5.96. The third-order valence-corrected chi connectivity index (χ3v) is 1.60. The summed E-state index contributed by atoms with van der Waals surface area (Å²) < 4.78 is 0. The van der Waals surface area contributed by atoms with E-state index in [2.05, 4.69) is 22.6 Å². The van der Waals surface area contributed by atoms with Gasteiger partial charge < -0.3 is 15.8 Å². The molecule has 0 amide bonds. The zero-order valence-corrected chi connectivity index (χ0v) is 7.08. The number of rotatable bonds is 3. The van der Waals surface area contributed by atoms with Crippen LogP contribution in [0.15, 0.2) is 11.4 Å². The molecule has 70 valence electrons. The van der Waals surface area contributed by atoms with Crippen molar-refractivity contribution in [3.05, 3.63) is 11.9 Å². The van der Waals surface area contributed by atoms with Crippen molar-refractivity contribution in [3.8, 4) is 0 Å². The molecule has 0 saturated carbocycles. The van der Waals surface area contributed by atoms with Crippen molar-refractivity contribution in [3.63, 3.8) is 0 Å². The van der Waals surface area contributed by atoms with Crippen molar-refractivity contribution >= 4 is 56.3 Å². The van der Waals surface area contributed by atoms with E-state index < -0.39 is 12.0 Å². The van der Waals surface area contributed by atoms with E-state index in [0.717, 1.165) is 0 Å². The van der Waals surface area contributed by atoms with Crippen LogP contribution in [-0.4, -0.2) is 64.8 Å². The molecule has 0 aliphatic heterocycles. The molecule has 0 aliphatic rings. The second-order valence-electron chi connectivity index (χ2n) is 2.38. The number of thiol groups is 1. The molecule has 1 rings (SSSR count). The summed E-state index contributed by atoms with van der Waals surface area (Å²) in [5, 5.41) is 8.93. The Morgan fingerprint density at radius 3 is 2.85 bits per heavy atom. The van der Waals surface area contributed by atoms with Gasteiger partial charge in [-0.05, 0) is 0 Å². The normalized spacial score (nSPS) is 11.8. The first kappa shape index (κ1) is 13.2. The molecule has 7 heteroatoms. The van der Waals surface area contributed by atoms with Crippen LogP contribution in [0.2, 0.25) is 0 Å². The summed E-state index contributed by atoms with van der Waals surface area (Å²) in [6.07, 6.45) is 1.76. The van der Waals surface area contributed by atoms with Crippen molar-refractivity contribution in [2.24, 2.45) is 5.73 Å². The number of nitrogens with one attached hydrogen (secondary N) is 1. The average Bonchev–Trinajstić information content (AvgIpc) is 2.35. The predicted molar refractivity (Wildman–Crippen MR) is 53.7 cm³/mol. The van der Waals surface area contributed by atoms with E-state index in [1.165, 1.54) is 6.20 Å². The molecule has 0 radical (unpaired) electrons. The molecular weight excluding hydrogens is 218 g/mol. The molecule has 0 saturated heterocycles. The molecule has 4 N–H and O–H groups in total. The number of carboxylic acid groups (broad SMARTS) is 1. The summed E-state index contributed by atoms with van der Waals surface area (Å²) in [6, 6.07) is -0.891. The predicted octanol–water partition coefficient (Wildman–Crippen LogP) is -1.26. The molecule has 1 heterocycles. The van der Waals surface area contributed by atoms with Gasteiger partial charge >= 0.3 is 43.7 Å². The van der Waals surface area contributed by atoms with Crippen LogP contribution >= 0.6 is 12.6 Å². The monoisotopic (exact) mass is 229 g/mol. The Bertz CT molecular complexity index is 291. The summed E-state index contributed by atoms with van der Waals surface area (Å²) in [4.78, 5) is 16.9. The number of aromatic nitrogens is 2. The topological polar surface area (TPSA) is 92.0 Å². The quantitative estimate of drug-likeness (QED) is 0.384. The first-order valence-corrected chi connectivity index (χ1v) is 3.75. The number of aliphatic carboxylic acids is 1. The van der Waals surface area contributed by atoms with Crippen molar-refractivity contribution in [2.45, 2.75) is 17.6 Å².